The van der Waals surface area contributed by atoms with Gasteiger partial charge in [-0.05, 0) is 81.3 Å². The van der Waals surface area contributed by atoms with Crippen LogP contribution in [0.1, 0.15) is 38.3 Å². The van der Waals surface area contributed by atoms with Gasteiger partial charge in [0.05, 0.1) is 24.3 Å². The van der Waals surface area contributed by atoms with Crippen LogP contribution in [0.25, 0.3) is 0 Å². The SMILES string of the molecule is CCNC(=O)C(CC)N(Cc1ccc(OC)cc1)C(=O)CN(c1ccc(C)cc1)S(=O)(=O)c1ccc(OCC)cc1. The minimum absolute atomic E-state index is 0.0202. The Balaban J connectivity index is 2.03. The molecular weight excluding hydrogens is 542 g/mol. The number of nitrogens with one attached hydrogen (secondary N) is 1. The minimum Gasteiger partial charge on any atom is -0.497 e. The smallest absolute Gasteiger partial charge is 0.264 e. The molecular formula is C31H39N3O6S. The molecule has 0 fully saturated rings. The van der Waals surface area contributed by atoms with Gasteiger partial charge < -0.3 is 19.7 Å². The van der Waals surface area contributed by atoms with Crippen LogP contribution in [0.4, 0.5) is 5.69 Å². The molecule has 1 N–H and O–H groups in total. The number of likely N-dealkylation sites (N-methyl/N-ethyl adjacent to an activating group) is 1. The minimum atomic E-state index is -4.16. The third-order valence-electron chi connectivity index (χ3n) is 6.57. The van der Waals surface area contributed by atoms with Crippen LogP contribution in [0.3, 0.4) is 0 Å². The summed E-state index contributed by atoms with van der Waals surface area (Å²) in [5.41, 5.74) is 2.06. The van der Waals surface area contributed by atoms with Gasteiger partial charge in [-0.3, -0.25) is 13.9 Å². The zero-order chi connectivity index (χ0) is 30.0. The van der Waals surface area contributed by atoms with Crippen LogP contribution in [-0.4, -0.2) is 58.0 Å². The normalized spacial score (nSPS) is 11.8. The summed E-state index contributed by atoms with van der Waals surface area (Å²) in [7, 11) is -2.59. The fourth-order valence-corrected chi connectivity index (χ4v) is 5.79. The molecule has 2 amide bonds. The molecule has 0 saturated heterocycles. The molecule has 0 spiro atoms. The molecule has 1 atom stereocenters. The second-order valence-corrected chi connectivity index (χ2v) is 11.3. The third kappa shape index (κ3) is 8.00. The van der Waals surface area contributed by atoms with E-state index in [2.05, 4.69) is 5.32 Å². The monoisotopic (exact) mass is 581 g/mol. The van der Waals surface area contributed by atoms with Crippen molar-refractivity contribution in [3.05, 3.63) is 83.9 Å². The summed E-state index contributed by atoms with van der Waals surface area (Å²) in [5, 5.41) is 2.80. The molecule has 0 bridgehead atoms. The lowest BCUT2D eigenvalue weighted by molar-refractivity contribution is -0.140. The molecule has 0 aliphatic heterocycles. The van der Waals surface area contributed by atoms with Crippen molar-refractivity contribution in [1.82, 2.24) is 10.2 Å². The number of carbonyl (C=O) groups excluding carboxylic acids is 2. The Labute approximate surface area is 243 Å². The molecule has 3 aromatic carbocycles. The maximum absolute atomic E-state index is 14.0. The first-order chi connectivity index (χ1) is 19.6. The molecule has 0 saturated carbocycles. The molecule has 41 heavy (non-hydrogen) atoms. The zero-order valence-electron chi connectivity index (χ0n) is 24.3. The predicted octanol–water partition coefficient (Wildman–Crippen LogP) is 4.54. The van der Waals surface area contributed by atoms with Crippen molar-refractivity contribution in [1.29, 1.82) is 0 Å². The Morgan fingerprint density at radius 1 is 0.878 bits per heavy atom. The lowest BCUT2D eigenvalue weighted by atomic mass is 10.1. The van der Waals surface area contributed by atoms with Crippen molar-refractivity contribution in [2.24, 2.45) is 0 Å². The molecule has 0 aliphatic rings. The lowest BCUT2D eigenvalue weighted by Crippen LogP contribution is -2.52. The highest BCUT2D eigenvalue weighted by molar-refractivity contribution is 7.92. The number of methoxy groups -OCH3 is 1. The number of rotatable bonds is 14. The first kappa shape index (κ1) is 31.5. The Morgan fingerprint density at radius 2 is 1.49 bits per heavy atom. The first-order valence-corrected chi connectivity index (χ1v) is 15.1. The average Bonchev–Trinajstić information content (AvgIpc) is 2.97. The van der Waals surface area contributed by atoms with Crippen LogP contribution < -0.4 is 19.1 Å². The number of benzene rings is 3. The van der Waals surface area contributed by atoms with E-state index in [4.69, 9.17) is 9.47 Å². The Morgan fingerprint density at radius 3 is 2.02 bits per heavy atom. The van der Waals surface area contributed by atoms with Crippen LogP contribution in [0.2, 0.25) is 0 Å². The van der Waals surface area contributed by atoms with Gasteiger partial charge in [0, 0.05) is 13.1 Å². The van der Waals surface area contributed by atoms with E-state index < -0.39 is 28.5 Å². The van der Waals surface area contributed by atoms with Crippen LogP contribution in [0, 0.1) is 6.92 Å². The topological polar surface area (TPSA) is 105 Å². The molecule has 0 heterocycles. The summed E-state index contributed by atoms with van der Waals surface area (Å²) < 4.78 is 39.7. The van der Waals surface area contributed by atoms with Gasteiger partial charge >= 0.3 is 0 Å². The Hall–Kier alpha value is -4.05. The van der Waals surface area contributed by atoms with E-state index in [1.165, 1.54) is 17.0 Å². The number of carbonyl (C=O) groups is 2. The second kappa shape index (κ2) is 14.5. The summed E-state index contributed by atoms with van der Waals surface area (Å²) in [6, 6.07) is 19.4. The van der Waals surface area contributed by atoms with E-state index in [-0.39, 0.29) is 17.3 Å². The van der Waals surface area contributed by atoms with Crippen molar-refractivity contribution >= 4 is 27.5 Å². The summed E-state index contributed by atoms with van der Waals surface area (Å²) in [6.07, 6.45) is 0.351. The number of nitrogens with zero attached hydrogens (tertiary/aromatic N) is 2. The molecule has 0 radical (unpaired) electrons. The van der Waals surface area contributed by atoms with E-state index in [0.29, 0.717) is 36.8 Å². The summed E-state index contributed by atoms with van der Waals surface area (Å²) >= 11 is 0. The van der Waals surface area contributed by atoms with Gasteiger partial charge in [0.25, 0.3) is 10.0 Å². The number of hydrogen-bond acceptors (Lipinski definition) is 6. The maximum atomic E-state index is 14.0. The molecule has 220 valence electrons. The number of ether oxygens (including phenoxy) is 2. The van der Waals surface area contributed by atoms with Gasteiger partial charge in [-0.25, -0.2) is 8.42 Å². The first-order valence-electron chi connectivity index (χ1n) is 13.7. The standard InChI is InChI=1S/C31H39N3O6S/c1-6-29(31(36)32-7-2)33(21-24-11-15-26(39-5)16-12-24)30(35)22-34(25-13-9-23(4)10-14-25)41(37,38)28-19-17-27(18-20-28)40-8-3/h9-20,29H,6-8,21-22H2,1-5H3,(H,32,36). The molecule has 3 rings (SSSR count). The molecule has 3 aromatic rings. The van der Waals surface area contributed by atoms with E-state index in [9.17, 15) is 18.0 Å². The largest absolute Gasteiger partial charge is 0.497 e. The second-order valence-electron chi connectivity index (χ2n) is 9.44. The maximum Gasteiger partial charge on any atom is 0.264 e. The Kier molecular flexibility index (Phi) is 11.2. The quantitative estimate of drug-likeness (QED) is 0.300. The summed E-state index contributed by atoms with van der Waals surface area (Å²) in [6.45, 7) is 7.84. The van der Waals surface area contributed by atoms with Gasteiger partial charge in [0.15, 0.2) is 0 Å². The lowest BCUT2D eigenvalue weighted by Gasteiger charge is -2.33. The van der Waals surface area contributed by atoms with Gasteiger partial charge in [0.2, 0.25) is 11.8 Å². The highest BCUT2D eigenvalue weighted by Crippen LogP contribution is 2.27. The summed E-state index contributed by atoms with van der Waals surface area (Å²) in [5.74, 6) is 0.402. The predicted molar refractivity (Wildman–Crippen MR) is 160 cm³/mol. The highest BCUT2D eigenvalue weighted by atomic mass is 32.2. The van der Waals surface area contributed by atoms with Crippen LogP contribution >= 0.6 is 0 Å². The van der Waals surface area contributed by atoms with Gasteiger partial charge in [-0.1, -0.05) is 36.8 Å². The van der Waals surface area contributed by atoms with Crippen LogP contribution in [0.15, 0.2) is 77.7 Å². The Bertz CT molecular complexity index is 1390. The molecule has 0 aromatic heterocycles. The van der Waals surface area contributed by atoms with Crippen molar-refractivity contribution in [3.63, 3.8) is 0 Å². The van der Waals surface area contributed by atoms with E-state index in [1.807, 2.05) is 39.8 Å². The van der Waals surface area contributed by atoms with Crippen LogP contribution in [0.5, 0.6) is 11.5 Å². The fraction of sp³-hybridized carbons (Fsp3) is 0.355. The highest BCUT2D eigenvalue weighted by Gasteiger charge is 2.33. The number of aryl methyl sites for hydroxylation is 1. The molecule has 1 unspecified atom stereocenters. The number of amides is 2. The van der Waals surface area contributed by atoms with Crippen molar-refractivity contribution in [2.45, 2.75) is 51.6 Å². The van der Waals surface area contributed by atoms with Crippen molar-refractivity contribution in [3.8, 4) is 11.5 Å². The van der Waals surface area contributed by atoms with E-state index in [1.54, 1.807) is 55.6 Å². The third-order valence-corrected chi connectivity index (χ3v) is 8.36. The van der Waals surface area contributed by atoms with Gasteiger partial charge in [-0.15, -0.1) is 0 Å². The zero-order valence-corrected chi connectivity index (χ0v) is 25.1. The van der Waals surface area contributed by atoms with E-state index in [0.717, 1.165) is 15.4 Å². The van der Waals surface area contributed by atoms with Crippen molar-refractivity contribution < 1.29 is 27.5 Å². The van der Waals surface area contributed by atoms with Crippen molar-refractivity contribution in [2.75, 3.05) is 31.1 Å². The van der Waals surface area contributed by atoms with Gasteiger partial charge in [0.1, 0.15) is 24.1 Å². The van der Waals surface area contributed by atoms with Gasteiger partial charge in [-0.2, -0.15) is 0 Å². The molecule has 10 heteroatoms. The van der Waals surface area contributed by atoms with Crippen LogP contribution in [-0.2, 0) is 26.2 Å². The fourth-order valence-electron chi connectivity index (χ4n) is 4.38. The number of anilines is 1. The summed E-state index contributed by atoms with van der Waals surface area (Å²) in [4.78, 5) is 28.5. The average molecular weight is 582 g/mol. The molecule has 0 aliphatic carbocycles. The van der Waals surface area contributed by atoms with E-state index >= 15 is 0 Å². The number of sulfonamides is 1. The number of hydrogen-bond donors (Lipinski definition) is 1. The molecule has 9 nitrogen and oxygen atoms in total.